The Hall–Kier alpha value is -1.25. The molecule has 0 bridgehead atoms. The van der Waals surface area contributed by atoms with E-state index in [-0.39, 0.29) is 0 Å². The number of rotatable bonds is 2. The quantitative estimate of drug-likeness (QED) is 0.848. The third kappa shape index (κ3) is 2.43. The van der Waals surface area contributed by atoms with Crippen LogP contribution in [-0.2, 0) is 7.05 Å². The number of H-pyrrole nitrogens is 1. The lowest BCUT2D eigenvalue weighted by molar-refractivity contribution is 0.313. The van der Waals surface area contributed by atoms with Gasteiger partial charge in [-0.05, 0) is 19.3 Å². The topological polar surface area (TPSA) is 53.0 Å². The van der Waals surface area contributed by atoms with Crippen LogP contribution in [-0.4, -0.2) is 57.9 Å². The maximum absolute atomic E-state index is 5.13. The maximum Gasteiger partial charge on any atom is 0.195 e. The first-order chi connectivity index (χ1) is 9.15. The van der Waals surface area contributed by atoms with Crippen LogP contribution < -0.4 is 4.90 Å². The molecule has 2 aromatic heterocycles. The number of hydrogen-bond acceptors (Lipinski definition) is 6. The molecule has 0 radical (unpaired) electrons. The Kier molecular flexibility index (Phi) is 3.38. The first-order valence-corrected chi connectivity index (χ1v) is 7.38. The second-order valence-electron chi connectivity index (χ2n) is 4.71. The van der Waals surface area contributed by atoms with Gasteiger partial charge in [0, 0.05) is 33.2 Å². The van der Waals surface area contributed by atoms with Gasteiger partial charge in [-0.3, -0.25) is 5.10 Å². The summed E-state index contributed by atoms with van der Waals surface area (Å²) in [5, 5.41) is 8.12. The molecule has 0 aliphatic carbocycles. The highest BCUT2D eigenvalue weighted by Gasteiger charge is 2.18. The number of piperazine rings is 1. The molecule has 1 fully saturated rings. The van der Waals surface area contributed by atoms with Crippen LogP contribution in [0.1, 0.15) is 0 Å². The third-order valence-electron chi connectivity index (χ3n) is 3.37. The third-order valence-corrected chi connectivity index (χ3v) is 4.79. The zero-order valence-electron chi connectivity index (χ0n) is 11.0. The molecule has 0 aromatic carbocycles. The van der Waals surface area contributed by atoms with Crippen LogP contribution in [0.15, 0.2) is 6.20 Å². The molecule has 0 amide bonds. The molecular formula is C11H16N6S2. The average Bonchev–Trinajstić information content (AvgIpc) is 2.99. The molecule has 1 saturated heterocycles. The van der Waals surface area contributed by atoms with Crippen molar-refractivity contribution in [2.75, 3.05) is 38.1 Å². The van der Waals surface area contributed by atoms with Crippen LogP contribution in [0.4, 0.5) is 5.13 Å². The highest BCUT2D eigenvalue weighted by molar-refractivity contribution is 7.71. The van der Waals surface area contributed by atoms with E-state index in [1.807, 2.05) is 17.8 Å². The summed E-state index contributed by atoms with van der Waals surface area (Å²) in [4.78, 5) is 10.2. The van der Waals surface area contributed by atoms with Gasteiger partial charge in [-0.2, -0.15) is 5.10 Å². The molecule has 0 atom stereocenters. The Balaban J connectivity index is 1.83. The monoisotopic (exact) mass is 296 g/mol. The smallest absolute Gasteiger partial charge is 0.195 e. The molecule has 0 spiro atoms. The highest BCUT2D eigenvalue weighted by Crippen LogP contribution is 2.30. The molecule has 19 heavy (non-hydrogen) atoms. The van der Waals surface area contributed by atoms with E-state index in [2.05, 4.69) is 32.0 Å². The first kappa shape index (κ1) is 12.8. The van der Waals surface area contributed by atoms with Crippen molar-refractivity contribution in [2.45, 2.75) is 0 Å². The number of likely N-dealkylation sites (N-methyl/N-ethyl adjacent to an activating group) is 1. The summed E-state index contributed by atoms with van der Waals surface area (Å²) in [6, 6.07) is 0. The fourth-order valence-electron chi connectivity index (χ4n) is 2.08. The van der Waals surface area contributed by atoms with Crippen LogP contribution in [0, 0.1) is 4.77 Å². The van der Waals surface area contributed by atoms with Gasteiger partial charge in [0.1, 0.15) is 0 Å². The summed E-state index contributed by atoms with van der Waals surface area (Å²) in [7, 11) is 4.07. The van der Waals surface area contributed by atoms with Crippen LogP contribution in [0.25, 0.3) is 10.7 Å². The van der Waals surface area contributed by atoms with E-state index >= 15 is 0 Å². The van der Waals surface area contributed by atoms with E-state index in [4.69, 9.17) is 12.2 Å². The molecule has 1 aliphatic rings. The molecule has 6 nitrogen and oxygen atoms in total. The summed E-state index contributed by atoms with van der Waals surface area (Å²) in [5.74, 6) is 0.850. The van der Waals surface area contributed by atoms with Crippen LogP contribution in [0.3, 0.4) is 0 Å². The van der Waals surface area contributed by atoms with E-state index in [1.54, 1.807) is 11.3 Å². The summed E-state index contributed by atoms with van der Waals surface area (Å²) < 4.78 is 2.50. The summed E-state index contributed by atoms with van der Waals surface area (Å²) >= 11 is 6.80. The number of anilines is 1. The number of thiazole rings is 1. The Bertz CT molecular complexity index is 619. The zero-order chi connectivity index (χ0) is 13.4. The van der Waals surface area contributed by atoms with Crippen molar-refractivity contribution in [3.63, 3.8) is 0 Å². The van der Waals surface area contributed by atoms with Crippen LogP contribution in [0.5, 0.6) is 0 Å². The second-order valence-corrected chi connectivity index (χ2v) is 6.10. The molecule has 102 valence electrons. The minimum atomic E-state index is 0.629. The van der Waals surface area contributed by atoms with E-state index in [9.17, 15) is 0 Å². The van der Waals surface area contributed by atoms with Crippen molar-refractivity contribution in [1.29, 1.82) is 0 Å². The Morgan fingerprint density at radius 1 is 1.26 bits per heavy atom. The molecule has 0 unspecified atom stereocenters. The number of nitrogens with zero attached hydrogens (tertiary/aromatic N) is 5. The average molecular weight is 296 g/mol. The van der Waals surface area contributed by atoms with Gasteiger partial charge >= 0.3 is 0 Å². The lowest BCUT2D eigenvalue weighted by Gasteiger charge is -2.32. The van der Waals surface area contributed by atoms with E-state index < -0.39 is 0 Å². The van der Waals surface area contributed by atoms with Gasteiger partial charge in [0.25, 0.3) is 0 Å². The number of hydrogen-bond donors (Lipinski definition) is 1. The summed E-state index contributed by atoms with van der Waals surface area (Å²) in [6.07, 6.45) is 1.88. The Morgan fingerprint density at radius 3 is 2.63 bits per heavy atom. The van der Waals surface area contributed by atoms with E-state index in [0.29, 0.717) is 4.77 Å². The molecule has 1 N–H and O–H groups in total. The van der Waals surface area contributed by atoms with Gasteiger partial charge in [0.15, 0.2) is 15.7 Å². The van der Waals surface area contributed by atoms with Crippen molar-refractivity contribution < 1.29 is 0 Å². The van der Waals surface area contributed by atoms with E-state index in [0.717, 1.165) is 42.0 Å². The van der Waals surface area contributed by atoms with Crippen molar-refractivity contribution in [3.05, 3.63) is 11.0 Å². The molecular weight excluding hydrogens is 280 g/mol. The summed E-state index contributed by atoms with van der Waals surface area (Å²) in [6.45, 7) is 4.23. The summed E-state index contributed by atoms with van der Waals surface area (Å²) in [5.41, 5.74) is 0. The highest BCUT2D eigenvalue weighted by atomic mass is 32.1. The lowest BCUT2D eigenvalue weighted by atomic mass is 10.3. The van der Waals surface area contributed by atoms with Gasteiger partial charge in [0.05, 0.1) is 11.1 Å². The molecule has 1 aliphatic heterocycles. The minimum Gasteiger partial charge on any atom is -0.346 e. The minimum absolute atomic E-state index is 0.629. The van der Waals surface area contributed by atoms with Crippen molar-refractivity contribution in [3.8, 4) is 10.7 Å². The van der Waals surface area contributed by atoms with Gasteiger partial charge in [-0.1, -0.05) is 11.3 Å². The number of nitrogens with one attached hydrogen (secondary N) is 1. The fourth-order valence-corrected chi connectivity index (χ4v) is 3.20. The largest absolute Gasteiger partial charge is 0.346 e. The molecule has 3 heterocycles. The molecule has 0 saturated carbocycles. The van der Waals surface area contributed by atoms with Gasteiger partial charge in [-0.25, -0.2) is 4.98 Å². The maximum atomic E-state index is 5.13. The fraction of sp³-hybridized carbons (Fsp3) is 0.545. The Morgan fingerprint density at radius 2 is 2.00 bits per heavy atom. The second kappa shape index (κ2) is 5.03. The molecule has 8 heteroatoms. The van der Waals surface area contributed by atoms with Crippen LogP contribution >= 0.6 is 23.6 Å². The molecule has 3 rings (SSSR count). The van der Waals surface area contributed by atoms with Gasteiger partial charge in [-0.15, -0.1) is 0 Å². The van der Waals surface area contributed by atoms with Gasteiger partial charge in [0.2, 0.25) is 0 Å². The first-order valence-electron chi connectivity index (χ1n) is 6.16. The lowest BCUT2D eigenvalue weighted by Crippen LogP contribution is -2.44. The van der Waals surface area contributed by atoms with Crippen LogP contribution in [0.2, 0.25) is 0 Å². The SMILES string of the molecule is CN1CCN(c2ncc(-c3n[nH]c(=S)n3C)s2)CC1. The van der Waals surface area contributed by atoms with Crippen molar-refractivity contribution >= 4 is 28.7 Å². The van der Waals surface area contributed by atoms with Gasteiger partial charge < -0.3 is 14.4 Å². The van der Waals surface area contributed by atoms with E-state index in [1.165, 1.54) is 0 Å². The normalized spacial score (nSPS) is 17.1. The number of aromatic amines is 1. The van der Waals surface area contributed by atoms with Crippen molar-refractivity contribution in [1.82, 2.24) is 24.6 Å². The Labute approximate surface area is 120 Å². The standard InChI is InChI=1S/C11H16N6S2/c1-15-3-5-17(6-4-15)11-12-7-8(19-11)9-13-14-10(18)16(9)2/h7H,3-6H2,1-2H3,(H,14,18). The predicted octanol–water partition coefficient (Wildman–Crippen LogP) is 1.35. The molecule has 2 aromatic rings. The predicted molar refractivity (Wildman–Crippen MR) is 79.2 cm³/mol. The zero-order valence-corrected chi connectivity index (χ0v) is 12.6. The van der Waals surface area contributed by atoms with Crippen molar-refractivity contribution in [2.24, 2.45) is 7.05 Å². The number of aromatic nitrogens is 4.